The SMILES string of the molecule is CCCCCCCOc1ncc(CNC2CC2)c(C)n1. The fourth-order valence-electron chi connectivity index (χ4n) is 2.12. The third kappa shape index (κ3) is 5.45. The Morgan fingerprint density at radius 1 is 1.25 bits per heavy atom. The fourth-order valence-corrected chi connectivity index (χ4v) is 2.12. The predicted molar refractivity (Wildman–Crippen MR) is 80.9 cm³/mol. The van der Waals surface area contributed by atoms with Gasteiger partial charge in [-0.25, -0.2) is 9.97 Å². The number of nitrogens with zero attached hydrogens (tertiary/aromatic N) is 2. The van der Waals surface area contributed by atoms with E-state index in [2.05, 4.69) is 22.2 Å². The fraction of sp³-hybridized carbons (Fsp3) is 0.750. The minimum Gasteiger partial charge on any atom is -0.463 e. The Morgan fingerprint density at radius 3 is 2.75 bits per heavy atom. The van der Waals surface area contributed by atoms with Crippen LogP contribution in [-0.2, 0) is 6.54 Å². The highest BCUT2D eigenvalue weighted by molar-refractivity contribution is 5.17. The van der Waals surface area contributed by atoms with Crippen LogP contribution in [-0.4, -0.2) is 22.6 Å². The molecule has 1 aromatic heterocycles. The minimum atomic E-state index is 0.521. The first-order valence-electron chi connectivity index (χ1n) is 7.98. The zero-order valence-electron chi connectivity index (χ0n) is 12.8. The summed E-state index contributed by atoms with van der Waals surface area (Å²) in [7, 11) is 0. The molecule has 1 aliphatic rings. The highest BCUT2D eigenvalue weighted by Gasteiger charge is 2.20. The summed E-state index contributed by atoms with van der Waals surface area (Å²) in [6.45, 7) is 5.85. The Hall–Kier alpha value is -1.16. The summed E-state index contributed by atoms with van der Waals surface area (Å²) in [5.74, 6) is 0. The molecule has 4 nitrogen and oxygen atoms in total. The van der Waals surface area contributed by atoms with Crippen LogP contribution in [0.25, 0.3) is 0 Å². The number of hydrogen-bond donors (Lipinski definition) is 1. The molecule has 0 amide bonds. The number of aryl methyl sites for hydroxylation is 1. The standard InChI is InChI=1S/C16H27N3O/c1-3-4-5-6-7-10-20-16-18-12-14(13(2)19-16)11-17-15-8-9-15/h12,15,17H,3-11H2,1-2H3. The van der Waals surface area contributed by atoms with Crippen LogP contribution in [0.15, 0.2) is 6.20 Å². The number of rotatable bonds is 10. The van der Waals surface area contributed by atoms with Gasteiger partial charge < -0.3 is 10.1 Å². The van der Waals surface area contributed by atoms with Crippen molar-refractivity contribution in [2.75, 3.05) is 6.61 Å². The van der Waals surface area contributed by atoms with Crippen molar-refractivity contribution in [1.82, 2.24) is 15.3 Å². The van der Waals surface area contributed by atoms with Crippen molar-refractivity contribution in [3.63, 3.8) is 0 Å². The molecule has 4 heteroatoms. The highest BCUT2D eigenvalue weighted by atomic mass is 16.5. The smallest absolute Gasteiger partial charge is 0.316 e. The van der Waals surface area contributed by atoms with Gasteiger partial charge in [0.1, 0.15) is 0 Å². The number of ether oxygens (including phenoxy) is 1. The zero-order valence-corrected chi connectivity index (χ0v) is 12.8. The number of hydrogen-bond acceptors (Lipinski definition) is 4. The van der Waals surface area contributed by atoms with Crippen LogP contribution >= 0.6 is 0 Å². The Balaban J connectivity index is 1.67. The molecular formula is C16H27N3O. The number of aromatic nitrogens is 2. The van der Waals surface area contributed by atoms with Crippen LogP contribution in [0.2, 0.25) is 0 Å². The van der Waals surface area contributed by atoms with Crippen LogP contribution in [0.1, 0.15) is 63.1 Å². The van der Waals surface area contributed by atoms with E-state index in [1.165, 1.54) is 44.1 Å². The van der Waals surface area contributed by atoms with Gasteiger partial charge in [-0.2, -0.15) is 0 Å². The van der Waals surface area contributed by atoms with Crippen molar-refractivity contribution in [2.24, 2.45) is 0 Å². The van der Waals surface area contributed by atoms with E-state index in [1.807, 2.05) is 13.1 Å². The predicted octanol–water partition coefficient (Wildman–Crippen LogP) is 3.39. The molecule has 1 aliphatic carbocycles. The van der Waals surface area contributed by atoms with Crippen LogP contribution in [0.5, 0.6) is 6.01 Å². The van der Waals surface area contributed by atoms with Crippen molar-refractivity contribution in [3.8, 4) is 6.01 Å². The second kappa shape index (κ2) is 8.20. The van der Waals surface area contributed by atoms with Gasteiger partial charge in [-0.05, 0) is 26.2 Å². The molecule has 2 rings (SSSR count). The molecule has 0 radical (unpaired) electrons. The molecular weight excluding hydrogens is 250 g/mol. The van der Waals surface area contributed by atoms with E-state index in [9.17, 15) is 0 Å². The maximum absolute atomic E-state index is 5.62. The van der Waals surface area contributed by atoms with E-state index in [-0.39, 0.29) is 0 Å². The van der Waals surface area contributed by atoms with Crippen molar-refractivity contribution in [1.29, 1.82) is 0 Å². The molecule has 1 N–H and O–H groups in total. The summed E-state index contributed by atoms with van der Waals surface area (Å²) < 4.78 is 5.62. The average molecular weight is 277 g/mol. The molecule has 1 aromatic rings. The summed E-state index contributed by atoms with van der Waals surface area (Å²) in [5, 5.41) is 3.48. The largest absolute Gasteiger partial charge is 0.463 e. The maximum Gasteiger partial charge on any atom is 0.316 e. The van der Waals surface area contributed by atoms with Gasteiger partial charge >= 0.3 is 6.01 Å². The molecule has 0 saturated heterocycles. The van der Waals surface area contributed by atoms with E-state index in [4.69, 9.17) is 4.74 Å². The minimum absolute atomic E-state index is 0.521. The monoisotopic (exact) mass is 277 g/mol. The summed E-state index contributed by atoms with van der Waals surface area (Å²) in [5.41, 5.74) is 2.20. The lowest BCUT2D eigenvalue weighted by Crippen LogP contribution is -2.17. The van der Waals surface area contributed by atoms with Gasteiger partial charge in [-0.1, -0.05) is 32.6 Å². The zero-order chi connectivity index (χ0) is 14.2. The third-order valence-electron chi connectivity index (χ3n) is 3.70. The van der Waals surface area contributed by atoms with Gasteiger partial charge in [-0.3, -0.25) is 0 Å². The van der Waals surface area contributed by atoms with Gasteiger partial charge in [0.2, 0.25) is 0 Å². The van der Waals surface area contributed by atoms with E-state index in [0.29, 0.717) is 12.1 Å². The van der Waals surface area contributed by atoms with E-state index >= 15 is 0 Å². The molecule has 0 aromatic carbocycles. The molecule has 0 unspecified atom stereocenters. The number of nitrogens with one attached hydrogen (secondary N) is 1. The molecule has 0 aliphatic heterocycles. The topological polar surface area (TPSA) is 47.0 Å². The van der Waals surface area contributed by atoms with Gasteiger partial charge in [0.25, 0.3) is 0 Å². The summed E-state index contributed by atoms with van der Waals surface area (Å²) in [4.78, 5) is 8.73. The van der Waals surface area contributed by atoms with Gasteiger partial charge in [0.15, 0.2) is 0 Å². The molecule has 112 valence electrons. The van der Waals surface area contributed by atoms with Crippen molar-refractivity contribution in [2.45, 2.75) is 71.4 Å². The molecule has 0 spiro atoms. The van der Waals surface area contributed by atoms with Crippen LogP contribution in [0, 0.1) is 6.92 Å². The van der Waals surface area contributed by atoms with E-state index < -0.39 is 0 Å². The number of unbranched alkanes of at least 4 members (excludes halogenated alkanes) is 4. The summed E-state index contributed by atoms with van der Waals surface area (Å²) in [6.07, 6.45) is 10.7. The quantitative estimate of drug-likeness (QED) is 0.666. The Morgan fingerprint density at radius 2 is 2.05 bits per heavy atom. The van der Waals surface area contributed by atoms with Crippen LogP contribution in [0.4, 0.5) is 0 Å². The summed E-state index contributed by atoms with van der Waals surface area (Å²) >= 11 is 0. The summed E-state index contributed by atoms with van der Waals surface area (Å²) in [6, 6.07) is 1.24. The van der Waals surface area contributed by atoms with Gasteiger partial charge in [0.05, 0.1) is 6.61 Å². The lowest BCUT2D eigenvalue weighted by atomic mass is 10.2. The third-order valence-corrected chi connectivity index (χ3v) is 3.70. The lowest BCUT2D eigenvalue weighted by Gasteiger charge is -2.08. The normalized spacial score (nSPS) is 14.5. The average Bonchev–Trinajstić information content (AvgIpc) is 3.26. The second-order valence-corrected chi connectivity index (χ2v) is 5.68. The Kier molecular flexibility index (Phi) is 6.25. The van der Waals surface area contributed by atoms with Gasteiger partial charge in [0, 0.05) is 30.0 Å². The van der Waals surface area contributed by atoms with Crippen molar-refractivity contribution < 1.29 is 4.74 Å². The Bertz CT molecular complexity index is 405. The van der Waals surface area contributed by atoms with Crippen molar-refractivity contribution in [3.05, 3.63) is 17.5 Å². The van der Waals surface area contributed by atoms with Gasteiger partial charge in [-0.15, -0.1) is 0 Å². The van der Waals surface area contributed by atoms with Crippen LogP contribution in [0.3, 0.4) is 0 Å². The Labute approximate surface area is 122 Å². The molecule has 0 bridgehead atoms. The molecule has 1 heterocycles. The highest BCUT2D eigenvalue weighted by Crippen LogP contribution is 2.19. The lowest BCUT2D eigenvalue weighted by molar-refractivity contribution is 0.280. The second-order valence-electron chi connectivity index (χ2n) is 5.68. The van der Waals surface area contributed by atoms with E-state index in [0.717, 1.165) is 25.3 Å². The van der Waals surface area contributed by atoms with E-state index in [1.54, 1.807) is 0 Å². The van der Waals surface area contributed by atoms with Crippen LogP contribution < -0.4 is 10.1 Å². The molecule has 1 fully saturated rings. The first-order chi connectivity index (χ1) is 9.79. The maximum atomic E-state index is 5.62. The molecule has 1 saturated carbocycles. The van der Waals surface area contributed by atoms with Crippen molar-refractivity contribution >= 4 is 0 Å². The molecule has 0 atom stereocenters. The molecule has 20 heavy (non-hydrogen) atoms. The first kappa shape index (κ1) is 15.2. The first-order valence-corrected chi connectivity index (χ1v) is 7.98.